The number of hydrazone groups is 1. The average molecular weight is 415 g/mol. The highest BCUT2D eigenvalue weighted by molar-refractivity contribution is 6.35. The van der Waals surface area contributed by atoms with Gasteiger partial charge in [0.2, 0.25) is 12.5 Å². The summed E-state index contributed by atoms with van der Waals surface area (Å²) in [6.45, 7) is 0.316. The van der Waals surface area contributed by atoms with Gasteiger partial charge in [0.1, 0.15) is 0 Å². The summed E-state index contributed by atoms with van der Waals surface area (Å²) in [5.41, 5.74) is 3.51. The summed E-state index contributed by atoms with van der Waals surface area (Å²) in [7, 11) is 4.48. The maximum absolute atomic E-state index is 12.0. The van der Waals surface area contributed by atoms with Gasteiger partial charge in [0, 0.05) is 12.1 Å². The summed E-state index contributed by atoms with van der Waals surface area (Å²) in [4.78, 5) is 23.9. The Morgan fingerprint density at radius 3 is 2.37 bits per heavy atom. The highest BCUT2D eigenvalue weighted by atomic mass is 16.7. The first-order chi connectivity index (χ1) is 14.5. The number of methoxy groups -OCH3 is 3. The van der Waals surface area contributed by atoms with E-state index >= 15 is 0 Å². The Balaban J connectivity index is 1.55. The van der Waals surface area contributed by atoms with Crippen LogP contribution in [0, 0.1) is 0 Å². The molecule has 2 aromatic carbocycles. The highest BCUT2D eigenvalue weighted by Crippen LogP contribution is 2.37. The van der Waals surface area contributed by atoms with Crippen molar-refractivity contribution in [2.75, 3.05) is 28.1 Å². The van der Waals surface area contributed by atoms with Gasteiger partial charge in [0.25, 0.3) is 0 Å². The molecule has 10 nitrogen and oxygen atoms in total. The summed E-state index contributed by atoms with van der Waals surface area (Å²) in [6.07, 6.45) is 1.35. The molecule has 0 unspecified atom stereocenters. The lowest BCUT2D eigenvalue weighted by Gasteiger charge is -2.12. The van der Waals surface area contributed by atoms with Crippen molar-refractivity contribution in [1.82, 2.24) is 10.7 Å². The minimum Gasteiger partial charge on any atom is -0.493 e. The monoisotopic (exact) mass is 415 g/mol. The fraction of sp³-hybridized carbons (Fsp3) is 0.250. The number of fused-ring (bicyclic) bond motifs is 1. The molecule has 10 heteroatoms. The molecule has 2 N–H and O–H groups in total. The number of hydrogen-bond donors (Lipinski definition) is 2. The number of nitrogens with zero attached hydrogens (tertiary/aromatic N) is 1. The fourth-order valence-corrected chi connectivity index (χ4v) is 2.71. The molecule has 30 heavy (non-hydrogen) atoms. The van der Waals surface area contributed by atoms with Crippen LogP contribution >= 0.6 is 0 Å². The molecule has 1 aliphatic heterocycles. The van der Waals surface area contributed by atoms with Gasteiger partial charge in [-0.3, -0.25) is 9.59 Å². The van der Waals surface area contributed by atoms with E-state index in [4.69, 9.17) is 23.7 Å². The van der Waals surface area contributed by atoms with Gasteiger partial charge < -0.3 is 29.0 Å². The minimum atomic E-state index is -0.903. The number of benzene rings is 2. The third-order valence-electron chi connectivity index (χ3n) is 4.16. The van der Waals surface area contributed by atoms with Gasteiger partial charge >= 0.3 is 11.8 Å². The van der Waals surface area contributed by atoms with Crippen LogP contribution in [0.25, 0.3) is 0 Å². The van der Waals surface area contributed by atoms with Gasteiger partial charge in [-0.25, -0.2) is 5.43 Å². The van der Waals surface area contributed by atoms with Gasteiger partial charge in [0.15, 0.2) is 23.0 Å². The zero-order valence-electron chi connectivity index (χ0n) is 16.7. The number of nitrogens with one attached hydrogen (secondary N) is 2. The molecule has 0 atom stereocenters. The lowest BCUT2D eigenvalue weighted by Crippen LogP contribution is -2.37. The highest BCUT2D eigenvalue weighted by Gasteiger charge is 2.16. The van der Waals surface area contributed by atoms with Crippen LogP contribution in [-0.4, -0.2) is 46.2 Å². The van der Waals surface area contributed by atoms with Gasteiger partial charge in [-0.15, -0.1) is 0 Å². The van der Waals surface area contributed by atoms with E-state index in [1.165, 1.54) is 27.5 Å². The molecule has 0 radical (unpaired) electrons. The van der Waals surface area contributed by atoms with Crippen LogP contribution < -0.4 is 34.4 Å². The van der Waals surface area contributed by atoms with Gasteiger partial charge in [-0.05, 0) is 29.8 Å². The first-order valence-electron chi connectivity index (χ1n) is 8.85. The standard InChI is InChI=1S/C20H21N3O7/c1-26-16-7-13(8-17(27-2)18(16)28-3)10-22-23-20(25)19(24)21-9-12-4-5-14-15(6-12)30-11-29-14/h4-8,10H,9,11H2,1-3H3,(H,21,24)(H,23,25)/b22-10+. The molecule has 0 aliphatic carbocycles. The molecule has 3 rings (SSSR count). The van der Waals surface area contributed by atoms with Gasteiger partial charge in [-0.2, -0.15) is 5.10 Å². The lowest BCUT2D eigenvalue weighted by molar-refractivity contribution is -0.139. The van der Waals surface area contributed by atoms with Crippen LogP contribution in [0.3, 0.4) is 0 Å². The smallest absolute Gasteiger partial charge is 0.329 e. The van der Waals surface area contributed by atoms with Gasteiger partial charge in [-0.1, -0.05) is 6.07 Å². The largest absolute Gasteiger partial charge is 0.493 e. The Bertz CT molecular complexity index is 950. The van der Waals surface area contributed by atoms with Crippen molar-refractivity contribution in [2.24, 2.45) is 5.10 Å². The molecule has 0 saturated carbocycles. The van der Waals surface area contributed by atoms with Crippen LogP contribution in [0.15, 0.2) is 35.4 Å². The third-order valence-corrected chi connectivity index (χ3v) is 4.16. The van der Waals surface area contributed by atoms with E-state index in [2.05, 4.69) is 15.8 Å². The van der Waals surface area contributed by atoms with Crippen molar-refractivity contribution in [2.45, 2.75) is 6.54 Å². The Morgan fingerprint density at radius 2 is 1.70 bits per heavy atom. The van der Waals surface area contributed by atoms with Crippen molar-refractivity contribution >= 4 is 18.0 Å². The Kier molecular flexibility index (Phi) is 6.58. The molecule has 0 saturated heterocycles. The lowest BCUT2D eigenvalue weighted by atomic mass is 10.2. The quantitative estimate of drug-likeness (QED) is 0.397. The second-order valence-corrected chi connectivity index (χ2v) is 6.03. The summed E-state index contributed by atoms with van der Waals surface area (Å²) < 4.78 is 26.3. The summed E-state index contributed by atoms with van der Waals surface area (Å²) in [6, 6.07) is 8.55. The average Bonchev–Trinajstić information content (AvgIpc) is 3.24. The SMILES string of the molecule is COc1cc(/C=N/NC(=O)C(=O)NCc2ccc3c(c2)OCO3)cc(OC)c1OC. The van der Waals surface area contributed by atoms with Crippen molar-refractivity contribution in [1.29, 1.82) is 0 Å². The first-order valence-corrected chi connectivity index (χ1v) is 8.85. The van der Waals surface area contributed by atoms with E-state index in [0.717, 1.165) is 5.56 Å². The maximum Gasteiger partial charge on any atom is 0.329 e. The van der Waals surface area contributed by atoms with Gasteiger partial charge in [0.05, 0.1) is 27.5 Å². The van der Waals surface area contributed by atoms with Crippen molar-refractivity contribution in [3.05, 3.63) is 41.5 Å². The van der Waals surface area contributed by atoms with E-state index in [9.17, 15) is 9.59 Å². The molecule has 1 aliphatic rings. The normalized spacial score (nSPS) is 11.8. The van der Waals surface area contributed by atoms with Crippen LogP contribution in [0.5, 0.6) is 28.7 Å². The summed E-state index contributed by atoms with van der Waals surface area (Å²) >= 11 is 0. The van der Waals surface area contributed by atoms with Crippen LogP contribution in [-0.2, 0) is 16.1 Å². The number of carbonyl (C=O) groups is 2. The zero-order chi connectivity index (χ0) is 21.5. The van der Waals surface area contributed by atoms with Crippen LogP contribution in [0.4, 0.5) is 0 Å². The molecule has 0 spiro atoms. The van der Waals surface area contributed by atoms with Crippen LogP contribution in [0.2, 0.25) is 0 Å². The Morgan fingerprint density at radius 1 is 1.00 bits per heavy atom. The maximum atomic E-state index is 12.0. The van der Waals surface area contributed by atoms with Crippen molar-refractivity contribution < 1.29 is 33.3 Å². The van der Waals surface area contributed by atoms with Crippen molar-refractivity contribution in [3.8, 4) is 28.7 Å². The summed E-state index contributed by atoms with van der Waals surface area (Å²) in [5.74, 6) is 0.820. The molecule has 1 heterocycles. The summed E-state index contributed by atoms with van der Waals surface area (Å²) in [5, 5.41) is 6.31. The van der Waals surface area contributed by atoms with E-state index in [0.29, 0.717) is 34.3 Å². The molecule has 0 bridgehead atoms. The molecular weight excluding hydrogens is 394 g/mol. The predicted octanol–water partition coefficient (Wildman–Crippen LogP) is 1.21. The van der Waals surface area contributed by atoms with Crippen molar-refractivity contribution in [3.63, 3.8) is 0 Å². The van der Waals surface area contributed by atoms with E-state index < -0.39 is 11.8 Å². The Hall–Kier alpha value is -3.95. The fourth-order valence-electron chi connectivity index (χ4n) is 2.71. The Labute approximate surface area is 172 Å². The topological polar surface area (TPSA) is 117 Å². The van der Waals surface area contributed by atoms with E-state index in [1.807, 2.05) is 0 Å². The third kappa shape index (κ3) is 4.72. The first kappa shape index (κ1) is 20.8. The number of amides is 2. The molecule has 0 aromatic heterocycles. The van der Waals surface area contributed by atoms with Crippen LogP contribution in [0.1, 0.15) is 11.1 Å². The number of carbonyl (C=O) groups excluding carboxylic acids is 2. The number of ether oxygens (including phenoxy) is 5. The molecule has 0 fully saturated rings. The van der Waals surface area contributed by atoms with E-state index in [1.54, 1.807) is 30.3 Å². The van der Waals surface area contributed by atoms with E-state index in [-0.39, 0.29) is 13.3 Å². The second-order valence-electron chi connectivity index (χ2n) is 6.03. The molecule has 158 valence electrons. The minimum absolute atomic E-state index is 0.152. The predicted molar refractivity (Wildman–Crippen MR) is 106 cm³/mol. The number of hydrogen-bond acceptors (Lipinski definition) is 8. The second kappa shape index (κ2) is 9.50. The number of rotatable bonds is 7. The zero-order valence-corrected chi connectivity index (χ0v) is 16.7. The molecular formula is C20H21N3O7. The molecule has 2 aromatic rings. The molecule has 2 amide bonds.